The lowest BCUT2D eigenvalue weighted by Crippen LogP contribution is -2.05. The summed E-state index contributed by atoms with van der Waals surface area (Å²) in [6.45, 7) is 0. The summed E-state index contributed by atoms with van der Waals surface area (Å²) in [4.78, 5) is 0. The van der Waals surface area contributed by atoms with E-state index in [1.807, 2.05) is 78.9 Å². The van der Waals surface area contributed by atoms with Crippen molar-refractivity contribution in [1.82, 2.24) is 0 Å². The molecule has 0 fully saturated rings. The van der Waals surface area contributed by atoms with Gasteiger partial charge in [0.05, 0.1) is 17.8 Å². The minimum Gasteiger partial charge on any atom is -0.377 e. The van der Waals surface area contributed by atoms with Gasteiger partial charge in [0.25, 0.3) is 0 Å². The molecule has 0 aliphatic carbocycles. The minimum atomic E-state index is 0.418. The summed E-state index contributed by atoms with van der Waals surface area (Å²) in [7, 11) is 0. The first-order chi connectivity index (χ1) is 13.3. The Morgan fingerprint density at radius 2 is 1.78 bits per heavy atom. The smallest absolute Gasteiger partial charge is 0.180 e. The molecule has 2 N–H and O–H groups in total. The van der Waals surface area contributed by atoms with E-state index >= 15 is 0 Å². The fraction of sp³-hybridized carbons (Fsp3) is 0.0455. The summed E-state index contributed by atoms with van der Waals surface area (Å²) in [5.74, 6) is 0.756. The van der Waals surface area contributed by atoms with Gasteiger partial charge in [-0.3, -0.25) is 0 Å². The second-order valence-corrected chi connectivity index (χ2v) is 6.74. The maximum atomic E-state index is 9.27. The van der Waals surface area contributed by atoms with Gasteiger partial charge < -0.3 is 5.73 Å². The molecule has 0 aromatic heterocycles. The van der Waals surface area contributed by atoms with Crippen molar-refractivity contribution in [3.05, 3.63) is 95.6 Å². The molecular formula is C22H18N4S. The van der Waals surface area contributed by atoms with E-state index in [0.717, 1.165) is 22.4 Å². The summed E-state index contributed by atoms with van der Waals surface area (Å²) in [5, 5.41) is 17.8. The largest absolute Gasteiger partial charge is 0.377 e. The zero-order chi connectivity index (χ0) is 18.9. The van der Waals surface area contributed by atoms with Crippen LogP contribution >= 0.6 is 11.8 Å². The van der Waals surface area contributed by atoms with E-state index in [2.05, 4.69) is 16.3 Å². The highest BCUT2D eigenvalue weighted by atomic mass is 32.2. The molecule has 0 amide bonds. The van der Waals surface area contributed by atoms with E-state index in [4.69, 9.17) is 5.73 Å². The monoisotopic (exact) mass is 370 g/mol. The van der Waals surface area contributed by atoms with Crippen molar-refractivity contribution >= 4 is 23.1 Å². The van der Waals surface area contributed by atoms with Crippen LogP contribution in [0.1, 0.15) is 16.7 Å². The Labute approximate surface area is 163 Å². The van der Waals surface area contributed by atoms with Gasteiger partial charge in [0.2, 0.25) is 0 Å². The molecule has 0 heterocycles. The van der Waals surface area contributed by atoms with Crippen LogP contribution in [0, 0.1) is 11.3 Å². The minimum absolute atomic E-state index is 0.418. The van der Waals surface area contributed by atoms with Crippen LogP contribution in [0.4, 0.5) is 0 Å². The molecule has 0 aliphatic heterocycles. The molecule has 0 saturated heterocycles. The number of benzene rings is 3. The lowest BCUT2D eigenvalue weighted by atomic mass is 9.99. The molecule has 27 heavy (non-hydrogen) atoms. The fourth-order valence-electron chi connectivity index (χ4n) is 2.53. The molecule has 3 aromatic carbocycles. The van der Waals surface area contributed by atoms with Crippen LogP contribution in [0.5, 0.6) is 0 Å². The van der Waals surface area contributed by atoms with E-state index in [1.165, 1.54) is 17.3 Å². The van der Waals surface area contributed by atoms with E-state index in [0.29, 0.717) is 10.7 Å². The third-order valence-electron chi connectivity index (χ3n) is 3.84. The van der Waals surface area contributed by atoms with E-state index in [-0.39, 0.29) is 0 Å². The lowest BCUT2D eigenvalue weighted by molar-refractivity contribution is 1.25. The molecule has 0 bridgehead atoms. The number of hydrogen-bond donors (Lipinski definition) is 1. The molecule has 0 radical (unpaired) electrons. The van der Waals surface area contributed by atoms with Crippen molar-refractivity contribution in [2.45, 2.75) is 5.75 Å². The first kappa shape index (κ1) is 18.4. The van der Waals surface area contributed by atoms with Gasteiger partial charge in [0.1, 0.15) is 0 Å². The number of nitriles is 1. The van der Waals surface area contributed by atoms with Crippen LogP contribution in [0.3, 0.4) is 0 Å². The van der Waals surface area contributed by atoms with E-state index < -0.39 is 0 Å². The van der Waals surface area contributed by atoms with Crippen LogP contribution in [-0.4, -0.2) is 11.4 Å². The molecule has 0 aliphatic rings. The second kappa shape index (κ2) is 9.37. The Bertz CT molecular complexity index is 1000. The summed E-state index contributed by atoms with van der Waals surface area (Å²) in [6, 6.07) is 27.7. The van der Waals surface area contributed by atoms with Gasteiger partial charge in [-0.15, -0.1) is 5.10 Å². The summed E-state index contributed by atoms with van der Waals surface area (Å²) in [6.07, 6.45) is 1.66. The van der Waals surface area contributed by atoms with Crippen LogP contribution < -0.4 is 5.73 Å². The highest BCUT2D eigenvalue weighted by Gasteiger charge is 2.04. The molecule has 0 atom stereocenters. The Balaban J connectivity index is 1.68. The fourth-order valence-corrected chi connectivity index (χ4v) is 3.14. The number of hydrogen-bond acceptors (Lipinski definition) is 4. The number of thioether (sulfide) groups is 1. The lowest BCUT2D eigenvalue weighted by Gasteiger charge is -2.04. The van der Waals surface area contributed by atoms with Gasteiger partial charge >= 0.3 is 0 Å². The third-order valence-corrected chi connectivity index (χ3v) is 4.69. The number of nitrogens with zero attached hydrogens (tertiary/aromatic N) is 3. The van der Waals surface area contributed by atoms with Gasteiger partial charge in [-0.05, 0) is 34.4 Å². The third kappa shape index (κ3) is 5.30. The normalized spacial score (nSPS) is 11.4. The summed E-state index contributed by atoms with van der Waals surface area (Å²) in [5.41, 5.74) is 10.5. The maximum Gasteiger partial charge on any atom is 0.180 e. The van der Waals surface area contributed by atoms with E-state index in [9.17, 15) is 5.26 Å². The first-order valence-electron chi connectivity index (χ1n) is 8.39. The molecular weight excluding hydrogens is 352 g/mol. The Morgan fingerprint density at radius 3 is 2.59 bits per heavy atom. The zero-order valence-electron chi connectivity index (χ0n) is 14.6. The Kier molecular flexibility index (Phi) is 6.40. The van der Waals surface area contributed by atoms with Gasteiger partial charge in [0, 0.05) is 5.75 Å². The van der Waals surface area contributed by atoms with Crippen molar-refractivity contribution in [2.75, 3.05) is 0 Å². The molecule has 0 spiro atoms. The molecule has 5 heteroatoms. The summed E-state index contributed by atoms with van der Waals surface area (Å²) < 4.78 is 0. The van der Waals surface area contributed by atoms with Gasteiger partial charge in [-0.2, -0.15) is 10.4 Å². The SMILES string of the molecule is N#Cc1ccccc1-c1cccc(C=NN=C(N)SCc2ccccc2)c1. The summed E-state index contributed by atoms with van der Waals surface area (Å²) >= 11 is 1.45. The van der Waals surface area contributed by atoms with Gasteiger partial charge in [-0.1, -0.05) is 78.5 Å². The quantitative estimate of drug-likeness (QED) is 0.398. The number of rotatable bonds is 5. The van der Waals surface area contributed by atoms with Crippen LogP contribution in [0.15, 0.2) is 89.1 Å². The standard InChI is InChI=1S/C22H18N4S/c23-14-20-10-4-5-12-21(20)19-11-6-9-18(13-19)15-25-26-22(24)27-16-17-7-2-1-3-8-17/h1-13,15H,16H2,(H2,24,26). The maximum absolute atomic E-state index is 9.27. The number of amidine groups is 1. The molecule has 132 valence electrons. The van der Waals surface area contributed by atoms with Gasteiger partial charge in [0.15, 0.2) is 5.17 Å². The van der Waals surface area contributed by atoms with Crippen molar-refractivity contribution in [1.29, 1.82) is 5.26 Å². The van der Waals surface area contributed by atoms with Crippen molar-refractivity contribution in [3.63, 3.8) is 0 Å². The van der Waals surface area contributed by atoms with Crippen LogP contribution in [-0.2, 0) is 5.75 Å². The average Bonchev–Trinajstić information content (AvgIpc) is 2.73. The molecule has 0 unspecified atom stereocenters. The van der Waals surface area contributed by atoms with Crippen LogP contribution in [0.25, 0.3) is 11.1 Å². The van der Waals surface area contributed by atoms with Gasteiger partial charge in [-0.25, -0.2) is 0 Å². The van der Waals surface area contributed by atoms with Crippen molar-refractivity contribution < 1.29 is 0 Å². The molecule has 3 aromatic rings. The highest BCUT2D eigenvalue weighted by molar-refractivity contribution is 8.13. The van der Waals surface area contributed by atoms with Crippen molar-refractivity contribution in [3.8, 4) is 17.2 Å². The molecule has 4 nitrogen and oxygen atoms in total. The Hall–Kier alpha value is -3.36. The first-order valence-corrected chi connectivity index (χ1v) is 9.37. The number of nitrogens with two attached hydrogens (primary N) is 1. The average molecular weight is 370 g/mol. The van der Waals surface area contributed by atoms with Crippen molar-refractivity contribution in [2.24, 2.45) is 15.9 Å². The zero-order valence-corrected chi connectivity index (χ0v) is 15.4. The molecule has 3 rings (SSSR count). The van der Waals surface area contributed by atoms with Crippen LogP contribution in [0.2, 0.25) is 0 Å². The Morgan fingerprint density at radius 1 is 1.00 bits per heavy atom. The predicted octanol–water partition coefficient (Wildman–Crippen LogP) is 4.81. The highest BCUT2D eigenvalue weighted by Crippen LogP contribution is 2.23. The topological polar surface area (TPSA) is 74.5 Å². The predicted molar refractivity (Wildman–Crippen MR) is 114 cm³/mol. The second-order valence-electron chi connectivity index (χ2n) is 5.74. The van der Waals surface area contributed by atoms with E-state index in [1.54, 1.807) is 6.21 Å². The molecule has 0 saturated carbocycles.